The average Bonchev–Trinajstić information content (AvgIpc) is 2.69. The van der Waals surface area contributed by atoms with Crippen LogP contribution in [0.4, 0.5) is 0 Å². The van der Waals surface area contributed by atoms with Crippen molar-refractivity contribution >= 4 is 0 Å². The van der Waals surface area contributed by atoms with Crippen molar-refractivity contribution in [3.63, 3.8) is 0 Å². The zero-order valence-corrected chi connectivity index (χ0v) is 9.16. The molecule has 0 aromatic heterocycles. The fourth-order valence-corrected chi connectivity index (χ4v) is 2.28. The monoisotopic (exact) mass is 199 g/mol. The summed E-state index contributed by atoms with van der Waals surface area (Å²) in [4.78, 5) is 0. The number of nitrogens with two attached hydrogens (primary N) is 1. The van der Waals surface area contributed by atoms with E-state index < -0.39 is 0 Å². The molecule has 1 unspecified atom stereocenters. The summed E-state index contributed by atoms with van der Waals surface area (Å²) >= 11 is 0. The van der Waals surface area contributed by atoms with E-state index in [2.05, 4.69) is 36.1 Å². The predicted molar refractivity (Wildman–Crippen MR) is 63.4 cm³/mol. The molecule has 1 aliphatic rings. The largest absolute Gasteiger partial charge is 0.327 e. The Balaban J connectivity index is 2.02. The van der Waals surface area contributed by atoms with Crippen LogP contribution in [0, 0.1) is 17.8 Å². The molecule has 2 N–H and O–H groups in total. The summed E-state index contributed by atoms with van der Waals surface area (Å²) in [5, 5.41) is 0. The summed E-state index contributed by atoms with van der Waals surface area (Å²) in [6.45, 7) is 1.87. The van der Waals surface area contributed by atoms with E-state index in [1.807, 2.05) is 6.92 Å². The lowest BCUT2D eigenvalue weighted by atomic mass is 9.95. The Morgan fingerprint density at radius 3 is 2.47 bits per heavy atom. The summed E-state index contributed by atoms with van der Waals surface area (Å²) in [6, 6.07) is 8.88. The van der Waals surface area contributed by atoms with Gasteiger partial charge in [0.2, 0.25) is 0 Å². The van der Waals surface area contributed by atoms with Gasteiger partial charge >= 0.3 is 0 Å². The van der Waals surface area contributed by atoms with Gasteiger partial charge in [0.1, 0.15) is 0 Å². The lowest BCUT2D eigenvalue weighted by Gasteiger charge is -2.15. The Labute approximate surface area is 91.7 Å². The van der Waals surface area contributed by atoms with Crippen LogP contribution < -0.4 is 5.73 Å². The molecule has 1 atom stereocenters. The minimum absolute atomic E-state index is 0.227. The molecule has 0 bridgehead atoms. The molecule has 0 spiro atoms. The number of benzene rings is 1. The first-order chi connectivity index (χ1) is 7.31. The highest BCUT2D eigenvalue weighted by Gasteiger charge is 2.25. The molecule has 1 nitrogen and oxygen atoms in total. The van der Waals surface area contributed by atoms with Gasteiger partial charge in [-0.1, -0.05) is 24.3 Å². The Morgan fingerprint density at radius 2 is 1.93 bits per heavy atom. The molecule has 1 aliphatic carbocycles. The van der Waals surface area contributed by atoms with Crippen molar-refractivity contribution < 1.29 is 0 Å². The van der Waals surface area contributed by atoms with Crippen LogP contribution in [0.1, 0.15) is 24.5 Å². The van der Waals surface area contributed by atoms with E-state index in [1.54, 1.807) is 0 Å². The highest BCUT2D eigenvalue weighted by Crippen LogP contribution is 2.28. The molecule has 1 aromatic carbocycles. The van der Waals surface area contributed by atoms with Crippen molar-refractivity contribution in [1.29, 1.82) is 0 Å². The van der Waals surface area contributed by atoms with E-state index in [0.29, 0.717) is 5.92 Å². The molecular formula is C14H17N. The van der Waals surface area contributed by atoms with Gasteiger partial charge < -0.3 is 5.73 Å². The van der Waals surface area contributed by atoms with Gasteiger partial charge in [-0.3, -0.25) is 0 Å². The van der Waals surface area contributed by atoms with Crippen LogP contribution in [0.5, 0.6) is 0 Å². The number of hydrogen-bond donors (Lipinski definition) is 1. The minimum atomic E-state index is 0.227. The third-order valence-corrected chi connectivity index (χ3v) is 3.20. The molecule has 1 heteroatoms. The van der Waals surface area contributed by atoms with E-state index in [-0.39, 0.29) is 6.04 Å². The zero-order chi connectivity index (χ0) is 10.7. The van der Waals surface area contributed by atoms with Crippen LogP contribution in [-0.4, -0.2) is 6.04 Å². The van der Waals surface area contributed by atoms with Crippen molar-refractivity contribution in [3.8, 4) is 11.8 Å². The van der Waals surface area contributed by atoms with Gasteiger partial charge in [-0.25, -0.2) is 0 Å². The molecule has 0 radical (unpaired) electrons. The molecule has 0 heterocycles. The Hall–Kier alpha value is -1.26. The summed E-state index contributed by atoms with van der Waals surface area (Å²) in [7, 11) is 0. The lowest BCUT2D eigenvalue weighted by Crippen LogP contribution is -2.30. The van der Waals surface area contributed by atoms with Gasteiger partial charge in [0.25, 0.3) is 0 Å². The first-order valence-electron chi connectivity index (χ1n) is 5.53. The molecular weight excluding hydrogens is 182 g/mol. The normalized spacial score (nSPS) is 16.7. The molecule has 0 amide bonds. The van der Waals surface area contributed by atoms with Gasteiger partial charge in [-0.05, 0) is 36.8 Å². The van der Waals surface area contributed by atoms with E-state index in [9.17, 15) is 0 Å². The fraction of sp³-hybridized carbons (Fsp3) is 0.429. The van der Waals surface area contributed by atoms with Crippen molar-refractivity contribution in [2.75, 3.05) is 0 Å². The smallest absolute Gasteiger partial charge is 0.0243 e. The van der Waals surface area contributed by atoms with Gasteiger partial charge in [-0.2, -0.15) is 0 Å². The van der Waals surface area contributed by atoms with Crippen molar-refractivity contribution in [2.45, 2.75) is 32.2 Å². The van der Waals surface area contributed by atoms with E-state index in [4.69, 9.17) is 5.73 Å². The number of fused-ring (bicyclic) bond motifs is 1. The number of hydrogen-bond acceptors (Lipinski definition) is 1. The van der Waals surface area contributed by atoms with Crippen molar-refractivity contribution in [3.05, 3.63) is 35.4 Å². The van der Waals surface area contributed by atoms with Crippen LogP contribution in [0.2, 0.25) is 0 Å². The van der Waals surface area contributed by atoms with Crippen LogP contribution in [0.25, 0.3) is 0 Å². The van der Waals surface area contributed by atoms with Crippen molar-refractivity contribution in [1.82, 2.24) is 0 Å². The molecule has 0 saturated heterocycles. The predicted octanol–water partition coefficient (Wildman–Crippen LogP) is 2.14. The highest BCUT2D eigenvalue weighted by molar-refractivity contribution is 5.32. The minimum Gasteiger partial charge on any atom is -0.327 e. The second kappa shape index (κ2) is 4.51. The third-order valence-electron chi connectivity index (χ3n) is 3.20. The molecule has 78 valence electrons. The highest BCUT2D eigenvalue weighted by atomic mass is 14.6. The third kappa shape index (κ3) is 2.22. The van der Waals surface area contributed by atoms with Crippen LogP contribution in [0.15, 0.2) is 24.3 Å². The SMILES string of the molecule is CC#CCC(N)C1Cc2ccccc2C1. The van der Waals surface area contributed by atoms with Gasteiger partial charge in [-0.15, -0.1) is 11.8 Å². The van der Waals surface area contributed by atoms with E-state index in [1.165, 1.54) is 11.1 Å². The average molecular weight is 199 g/mol. The Kier molecular flexibility index (Phi) is 3.08. The summed E-state index contributed by atoms with van der Waals surface area (Å²) < 4.78 is 0. The van der Waals surface area contributed by atoms with Crippen LogP contribution >= 0.6 is 0 Å². The van der Waals surface area contributed by atoms with Crippen LogP contribution in [-0.2, 0) is 12.8 Å². The fourth-order valence-electron chi connectivity index (χ4n) is 2.28. The van der Waals surface area contributed by atoms with Gasteiger partial charge in [0.15, 0.2) is 0 Å². The molecule has 2 rings (SSSR count). The molecule has 0 saturated carbocycles. The standard InChI is InChI=1S/C14H17N/c1-2-3-8-14(15)13-9-11-6-4-5-7-12(11)10-13/h4-7,13-14H,8-10,15H2,1H3. The topological polar surface area (TPSA) is 26.0 Å². The molecule has 0 fully saturated rings. The number of rotatable bonds is 2. The van der Waals surface area contributed by atoms with Gasteiger partial charge in [0.05, 0.1) is 0 Å². The first kappa shape index (κ1) is 10.3. The lowest BCUT2D eigenvalue weighted by molar-refractivity contribution is 0.446. The summed E-state index contributed by atoms with van der Waals surface area (Å²) in [5.74, 6) is 6.58. The van der Waals surface area contributed by atoms with Gasteiger partial charge in [0, 0.05) is 12.5 Å². The van der Waals surface area contributed by atoms with Crippen molar-refractivity contribution in [2.24, 2.45) is 11.7 Å². The quantitative estimate of drug-likeness (QED) is 0.726. The van der Waals surface area contributed by atoms with E-state index >= 15 is 0 Å². The second-order valence-corrected chi connectivity index (χ2v) is 4.23. The second-order valence-electron chi connectivity index (χ2n) is 4.23. The first-order valence-corrected chi connectivity index (χ1v) is 5.53. The Morgan fingerprint density at radius 1 is 1.33 bits per heavy atom. The molecule has 0 aliphatic heterocycles. The maximum atomic E-state index is 6.14. The summed E-state index contributed by atoms with van der Waals surface area (Å²) in [6.07, 6.45) is 3.08. The molecule has 1 aromatic rings. The summed E-state index contributed by atoms with van der Waals surface area (Å²) in [5.41, 5.74) is 9.09. The van der Waals surface area contributed by atoms with E-state index in [0.717, 1.165) is 19.3 Å². The van der Waals surface area contributed by atoms with Crippen LogP contribution in [0.3, 0.4) is 0 Å². The maximum absolute atomic E-state index is 6.14. The zero-order valence-electron chi connectivity index (χ0n) is 9.16. The maximum Gasteiger partial charge on any atom is 0.0243 e. The Bertz CT molecular complexity index is 372. The molecule has 15 heavy (non-hydrogen) atoms.